The van der Waals surface area contributed by atoms with Crippen LogP contribution in [0, 0.1) is 5.92 Å². The van der Waals surface area contributed by atoms with Crippen molar-refractivity contribution in [2.24, 2.45) is 11.7 Å². The van der Waals surface area contributed by atoms with Crippen LogP contribution in [0.3, 0.4) is 0 Å². The van der Waals surface area contributed by atoms with Crippen LogP contribution in [0.1, 0.15) is 20.3 Å². The Morgan fingerprint density at radius 3 is 2.28 bits per heavy atom. The largest absolute Gasteiger partial charge is 0.490 e. The highest BCUT2D eigenvalue weighted by Gasteiger charge is 2.57. The van der Waals surface area contributed by atoms with Crippen molar-refractivity contribution in [1.29, 1.82) is 0 Å². The van der Waals surface area contributed by atoms with Gasteiger partial charge in [-0.05, 0) is 20.3 Å². The minimum atomic E-state index is -5.08. The molecule has 0 aromatic heterocycles. The molecule has 12 heteroatoms. The fourth-order valence-electron chi connectivity index (χ4n) is 3.05. The molecule has 2 aliphatic rings. The van der Waals surface area contributed by atoms with Gasteiger partial charge >= 0.3 is 18.1 Å². The fraction of sp³-hybridized carbons (Fsp3) is 0.765. The van der Waals surface area contributed by atoms with E-state index in [4.69, 9.17) is 39.3 Å². The number of allylic oxidation sites excluding steroid dienone is 1. The highest BCUT2D eigenvalue weighted by atomic mass is 19.4. The summed E-state index contributed by atoms with van der Waals surface area (Å²) in [4.78, 5) is 20.8. The van der Waals surface area contributed by atoms with Crippen LogP contribution in [0.15, 0.2) is 12.7 Å². The number of rotatable bonds is 6. The first-order valence-electron chi connectivity index (χ1n) is 8.57. The molecule has 2 rings (SSSR count). The Morgan fingerprint density at radius 2 is 1.86 bits per heavy atom. The lowest BCUT2D eigenvalue weighted by Crippen LogP contribution is -2.51. The number of esters is 1. The van der Waals surface area contributed by atoms with Crippen molar-refractivity contribution in [1.82, 2.24) is 0 Å². The van der Waals surface area contributed by atoms with E-state index in [9.17, 15) is 18.0 Å². The summed E-state index contributed by atoms with van der Waals surface area (Å²) in [5, 5.41) is 7.12. The van der Waals surface area contributed by atoms with Gasteiger partial charge in [0.25, 0.3) is 0 Å². The maximum atomic E-state index is 11.9. The number of alkyl halides is 3. The van der Waals surface area contributed by atoms with Crippen LogP contribution in [0.2, 0.25) is 0 Å². The summed E-state index contributed by atoms with van der Waals surface area (Å²) in [5.74, 6) is -4.45. The van der Waals surface area contributed by atoms with Crippen LogP contribution >= 0.6 is 0 Å². The number of carbonyl (C=O) groups excluding carboxylic acids is 1. The number of carboxylic acid groups (broad SMARTS) is 1. The molecule has 0 unspecified atom stereocenters. The smallest absolute Gasteiger partial charge is 0.475 e. The quantitative estimate of drug-likeness (QED) is 0.473. The van der Waals surface area contributed by atoms with Gasteiger partial charge in [0.2, 0.25) is 0 Å². The maximum absolute atomic E-state index is 11.9. The third-order valence-electron chi connectivity index (χ3n) is 4.31. The lowest BCUT2D eigenvalue weighted by Gasteiger charge is -2.31. The van der Waals surface area contributed by atoms with E-state index >= 15 is 0 Å². The molecule has 0 aromatic rings. The number of methoxy groups -OCH3 is 2. The van der Waals surface area contributed by atoms with Crippen LogP contribution in [-0.4, -0.2) is 73.9 Å². The molecule has 9 nitrogen and oxygen atoms in total. The molecular formula is C17H26F3NO8. The summed E-state index contributed by atoms with van der Waals surface area (Å²) >= 11 is 0. The van der Waals surface area contributed by atoms with Gasteiger partial charge in [0.15, 0.2) is 12.1 Å². The second kappa shape index (κ2) is 9.85. The van der Waals surface area contributed by atoms with Gasteiger partial charge in [0.05, 0.1) is 13.0 Å². The van der Waals surface area contributed by atoms with Crippen LogP contribution in [0.4, 0.5) is 13.2 Å². The number of aliphatic carboxylic acids is 1. The predicted octanol–water partition coefficient (Wildman–Crippen LogP) is 1.20. The molecule has 0 radical (unpaired) electrons. The van der Waals surface area contributed by atoms with Gasteiger partial charge in [-0.25, -0.2) is 4.79 Å². The first kappa shape index (κ1) is 25.3. The molecule has 2 saturated heterocycles. The minimum Gasteiger partial charge on any atom is -0.475 e. The first-order valence-corrected chi connectivity index (χ1v) is 8.57. The zero-order valence-electron chi connectivity index (χ0n) is 16.5. The number of ether oxygens (including phenoxy) is 5. The van der Waals surface area contributed by atoms with Crippen molar-refractivity contribution in [3.05, 3.63) is 12.7 Å². The third kappa shape index (κ3) is 6.37. The van der Waals surface area contributed by atoms with Crippen LogP contribution in [0.25, 0.3) is 0 Å². The van der Waals surface area contributed by atoms with Crippen LogP contribution in [0.5, 0.6) is 0 Å². The van der Waals surface area contributed by atoms with E-state index in [1.54, 1.807) is 13.2 Å². The van der Waals surface area contributed by atoms with Gasteiger partial charge in [-0.2, -0.15) is 13.2 Å². The zero-order valence-corrected chi connectivity index (χ0v) is 16.5. The van der Waals surface area contributed by atoms with Gasteiger partial charge in [-0.15, -0.1) is 6.58 Å². The number of hydrogen-bond donors (Lipinski definition) is 2. The van der Waals surface area contributed by atoms with E-state index in [0.717, 1.165) is 0 Å². The molecule has 0 bridgehead atoms. The molecule has 0 amide bonds. The van der Waals surface area contributed by atoms with Crippen LogP contribution in [-0.2, 0) is 33.3 Å². The van der Waals surface area contributed by atoms with Gasteiger partial charge in [0, 0.05) is 13.2 Å². The normalized spacial score (nSPS) is 29.8. The first-order chi connectivity index (χ1) is 13.3. The number of halogens is 3. The molecule has 168 valence electrons. The molecule has 3 N–H and O–H groups in total. The van der Waals surface area contributed by atoms with E-state index in [1.165, 1.54) is 7.11 Å². The van der Waals surface area contributed by atoms with Gasteiger partial charge < -0.3 is 34.5 Å². The summed E-state index contributed by atoms with van der Waals surface area (Å²) in [6.07, 6.45) is -4.93. The van der Waals surface area contributed by atoms with Crippen molar-refractivity contribution < 1.29 is 51.6 Å². The van der Waals surface area contributed by atoms with Gasteiger partial charge in [-0.3, -0.25) is 4.79 Å². The number of hydrogen-bond acceptors (Lipinski definition) is 8. The predicted molar refractivity (Wildman–Crippen MR) is 91.5 cm³/mol. The summed E-state index contributed by atoms with van der Waals surface area (Å²) in [5.41, 5.74) is 6.26. The molecule has 0 spiro atoms. The van der Waals surface area contributed by atoms with Crippen LogP contribution < -0.4 is 5.73 Å². The standard InChI is InChI=1S/C15H25NO6.C2HF3O2/c1-6-7-8(13(17)19-5)9(16)10-11(18-4)12-14(20-10)22-15(2,3)21-12;3-2(4,5)1(6)7/h6,8-12,14H,1,7,16H2,2-5H3;(H,6,7)/t8-,9-,10+,11-,12+,14+;/m0./s1. The van der Waals surface area contributed by atoms with Crippen molar-refractivity contribution in [3.63, 3.8) is 0 Å². The molecule has 0 saturated carbocycles. The summed E-state index contributed by atoms with van der Waals surface area (Å²) in [7, 11) is 2.89. The lowest BCUT2D eigenvalue weighted by molar-refractivity contribution is -0.220. The summed E-state index contributed by atoms with van der Waals surface area (Å²) < 4.78 is 59.4. The third-order valence-corrected chi connectivity index (χ3v) is 4.31. The Hall–Kier alpha value is -1.73. The lowest BCUT2D eigenvalue weighted by atomic mass is 9.89. The Bertz CT molecular complexity index is 598. The molecule has 2 fully saturated rings. The Balaban J connectivity index is 0.000000516. The number of carboxylic acids is 1. The van der Waals surface area contributed by atoms with Crippen molar-refractivity contribution >= 4 is 11.9 Å². The SMILES string of the molecule is C=CC[C@H](C(=O)OC)[C@H](N)[C@H]1O[C@@H]2OC(C)(C)O[C@@H]2[C@H]1OC.O=C(O)C(F)(F)F. The molecular weight excluding hydrogens is 403 g/mol. The molecule has 6 atom stereocenters. The van der Waals surface area contributed by atoms with Gasteiger partial charge in [-0.1, -0.05) is 6.08 Å². The second-order valence-corrected chi connectivity index (χ2v) is 6.80. The fourth-order valence-corrected chi connectivity index (χ4v) is 3.05. The summed E-state index contributed by atoms with van der Waals surface area (Å²) in [6, 6.07) is -0.615. The highest BCUT2D eigenvalue weighted by molar-refractivity contribution is 5.73. The Morgan fingerprint density at radius 1 is 1.31 bits per heavy atom. The van der Waals surface area contributed by atoms with E-state index < -0.39 is 54.4 Å². The molecule has 0 aromatic carbocycles. The monoisotopic (exact) mass is 429 g/mol. The average molecular weight is 429 g/mol. The maximum Gasteiger partial charge on any atom is 0.490 e. The van der Waals surface area contributed by atoms with Gasteiger partial charge in [0.1, 0.15) is 18.3 Å². The van der Waals surface area contributed by atoms with Crippen molar-refractivity contribution in [3.8, 4) is 0 Å². The topological polar surface area (TPSA) is 127 Å². The second-order valence-electron chi connectivity index (χ2n) is 6.80. The average Bonchev–Trinajstić information content (AvgIpc) is 3.09. The number of fused-ring (bicyclic) bond motifs is 1. The molecule has 2 heterocycles. The highest BCUT2D eigenvalue weighted by Crippen LogP contribution is 2.40. The number of nitrogens with two attached hydrogens (primary N) is 1. The Kier molecular flexibility index (Phi) is 8.59. The molecule has 29 heavy (non-hydrogen) atoms. The zero-order chi connectivity index (χ0) is 22.6. The van der Waals surface area contributed by atoms with E-state index in [0.29, 0.717) is 6.42 Å². The summed E-state index contributed by atoms with van der Waals surface area (Å²) in [6.45, 7) is 7.28. The Labute approximate surface area is 165 Å². The van der Waals surface area contributed by atoms with E-state index in [1.807, 2.05) is 13.8 Å². The van der Waals surface area contributed by atoms with Crippen molar-refractivity contribution in [2.75, 3.05) is 14.2 Å². The van der Waals surface area contributed by atoms with Crippen molar-refractivity contribution in [2.45, 2.75) is 62.9 Å². The van der Waals surface area contributed by atoms with E-state index in [-0.39, 0.29) is 6.10 Å². The molecule has 0 aliphatic carbocycles. The molecule has 2 aliphatic heterocycles. The van der Waals surface area contributed by atoms with E-state index in [2.05, 4.69) is 6.58 Å². The number of carbonyl (C=O) groups is 2. The minimum absolute atomic E-state index is 0.377.